The van der Waals surface area contributed by atoms with E-state index in [4.69, 9.17) is 5.73 Å². The van der Waals surface area contributed by atoms with Crippen LogP contribution in [-0.2, 0) is 10.8 Å². The van der Waals surface area contributed by atoms with Crippen molar-refractivity contribution in [3.63, 3.8) is 0 Å². The van der Waals surface area contributed by atoms with Gasteiger partial charge in [-0.15, -0.1) is 0 Å². The van der Waals surface area contributed by atoms with Crippen LogP contribution in [0.4, 0.5) is 11.5 Å². The lowest BCUT2D eigenvalue weighted by Crippen LogP contribution is -2.09. The summed E-state index contributed by atoms with van der Waals surface area (Å²) in [4.78, 5) is 3.92. The van der Waals surface area contributed by atoms with Crippen LogP contribution in [0, 0.1) is 0 Å². The zero-order valence-corrected chi connectivity index (χ0v) is 8.30. The number of hydrogen-bond donors (Lipinski definition) is 2. The summed E-state index contributed by atoms with van der Waals surface area (Å²) in [5, 5.41) is 3.09. The van der Waals surface area contributed by atoms with Crippen molar-refractivity contribution in [2.45, 2.75) is 0 Å². The van der Waals surface area contributed by atoms with Crippen molar-refractivity contribution in [2.24, 2.45) is 0 Å². The van der Waals surface area contributed by atoms with E-state index in [0.717, 1.165) is 5.69 Å². The van der Waals surface area contributed by atoms with Crippen LogP contribution in [0.25, 0.3) is 0 Å². The summed E-state index contributed by atoms with van der Waals surface area (Å²) in [6.07, 6.45) is 3.34. The maximum Gasteiger partial charge on any atom is 0.123 e. The molecule has 13 heavy (non-hydrogen) atoms. The summed E-state index contributed by atoms with van der Waals surface area (Å²) < 4.78 is 10.7. The third-order valence-electron chi connectivity index (χ3n) is 1.51. The van der Waals surface area contributed by atoms with Gasteiger partial charge in [0, 0.05) is 29.4 Å². The summed E-state index contributed by atoms with van der Waals surface area (Å²) >= 11 is 0. The first-order valence-electron chi connectivity index (χ1n) is 3.94. The molecule has 1 atom stereocenters. The van der Waals surface area contributed by atoms with Crippen molar-refractivity contribution in [1.29, 1.82) is 0 Å². The SMILES string of the molecule is CS(=O)CCNc1ccc(N)nc1. The Hall–Kier alpha value is -1.10. The number of nitrogens with two attached hydrogens (primary N) is 1. The van der Waals surface area contributed by atoms with E-state index in [1.165, 1.54) is 0 Å². The molecule has 0 bridgehead atoms. The summed E-state index contributed by atoms with van der Waals surface area (Å²) in [7, 11) is -0.751. The summed E-state index contributed by atoms with van der Waals surface area (Å²) in [5.74, 6) is 1.15. The molecule has 3 N–H and O–H groups in total. The van der Waals surface area contributed by atoms with Crippen LogP contribution in [0.5, 0.6) is 0 Å². The molecule has 0 radical (unpaired) electrons. The van der Waals surface area contributed by atoms with Crippen LogP contribution >= 0.6 is 0 Å². The van der Waals surface area contributed by atoms with Gasteiger partial charge in [-0.2, -0.15) is 0 Å². The van der Waals surface area contributed by atoms with E-state index in [2.05, 4.69) is 10.3 Å². The molecular weight excluding hydrogens is 186 g/mol. The minimum atomic E-state index is -0.751. The van der Waals surface area contributed by atoms with Gasteiger partial charge in [0.2, 0.25) is 0 Å². The highest BCUT2D eigenvalue weighted by molar-refractivity contribution is 7.84. The molecule has 0 aliphatic heterocycles. The van der Waals surface area contributed by atoms with Crippen molar-refractivity contribution < 1.29 is 4.21 Å². The van der Waals surface area contributed by atoms with Crippen LogP contribution in [0.1, 0.15) is 0 Å². The monoisotopic (exact) mass is 199 g/mol. The van der Waals surface area contributed by atoms with Crippen molar-refractivity contribution in [2.75, 3.05) is 29.6 Å². The highest BCUT2D eigenvalue weighted by atomic mass is 32.2. The molecule has 1 unspecified atom stereocenters. The number of nitrogen functional groups attached to an aromatic ring is 1. The Morgan fingerprint density at radius 2 is 2.38 bits per heavy atom. The van der Waals surface area contributed by atoms with Crippen LogP contribution in [0.15, 0.2) is 18.3 Å². The number of nitrogens with one attached hydrogen (secondary N) is 1. The first kappa shape index (κ1) is 9.98. The fourth-order valence-corrected chi connectivity index (χ4v) is 1.24. The van der Waals surface area contributed by atoms with Crippen molar-refractivity contribution in [3.05, 3.63) is 18.3 Å². The van der Waals surface area contributed by atoms with Gasteiger partial charge in [0.1, 0.15) is 5.82 Å². The fraction of sp³-hybridized carbons (Fsp3) is 0.375. The Morgan fingerprint density at radius 3 is 2.92 bits per heavy atom. The van der Waals surface area contributed by atoms with Gasteiger partial charge in [0.25, 0.3) is 0 Å². The van der Waals surface area contributed by atoms with E-state index in [9.17, 15) is 4.21 Å². The van der Waals surface area contributed by atoms with Crippen molar-refractivity contribution in [1.82, 2.24) is 4.98 Å². The highest BCUT2D eigenvalue weighted by Gasteiger charge is 1.93. The predicted octanol–water partition coefficient (Wildman–Crippen LogP) is 0.454. The maximum absolute atomic E-state index is 10.7. The topological polar surface area (TPSA) is 68.0 Å². The van der Waals surface area contributed by atoms with E-state index in [0.29, 0.717) is 18.1 Å². The minimum Gasteiger partial charge on any atom is -0.384 e. The highest BCUT2D eigenvalue weighted by Crippen LogP contribution is 2.05. The number of hydrogen-bond acceptors (Lipinski definition) is 4. The van der Waals surface area contributed by atoms with Crippen LogP contribution in [-0.4, -0.2) is 27.7 Å². The van der Waals surface area contributed by atoms with Gasteiger partial charge in [-0.05, 0) is 12.1 Å². The van der Waals surface area contributed by atoms with Crippen LogP contribution in [0.2, 0.25) is 0 Å². The van der Waals surface area contributed by atoms with Gasteiger partial charge in [0.05, 0.1) is 11.9 Å². The largest absolute Gasteiger partial charge is 0.384 e. The van der Waals surface area contributed by atoms with E-state index < -0.39 is 10.8 Å². The molecule has 0 aliphatic rings. The summed E-state index contributed by atoms with van der Waals surface area (Å²) in [6, 6.07) is 3.58. The Bertz CT molecular complexity index is 286. The number of anilines is 2. The first-order chi connectivity index (χ1) is 6.18. The second kappa shape index (κ2) is 4.81. The number of nitrogens with zero attached hydrogens (tertiary/aromatic N) is 1. The molecule has 1 aromatic heterocycles. The zero-order chi connectivity index (χ0) is 9.68. The molecule has 0 aromatic carbocycles. The summed E-state index contributed by atoms with van der Waals surface area (Å²) in [5.41, 5.74) is 6.32. The lowest BCUT2D eigenvalue weighted by atomic mass is 10.4. The van der Waals surface area contributed by atoms with Gasteiger partial charge in [-0.3, -0.25) is 4.21 Å². The molecule has 0 aliphatic carbocycles. The summed E-state index contributed by atoms with van der Waals surface area (Å²) in [6.45, 7) is 0.689. The molecule has 1 aromatic rings. The Kier molecular flexibility index (Phi) is 3.70. The van der Waals surface area contributed by atoms with Gasteiger partial charge >= 0.3 is 0 Å². The normalized spacial score (nSPS) is 12.4. The smallest absolute Gasteiger partial charge is 0.123 e. The van der Waals surface area contributed by atoms with Gasteiger partial charge in [-0.25, -0.2) is 4.98 Å². The van der Waals surface area contributed by atoms with Gasteiger partial charge in [-0.1, -0.05) is 0 Å². The van der Waals surface area contributed by atoms with Gasteiger partial charge in [0.15, 0.2) is 0 Å². The molecule has 1 heterocycles. The quantitative estimate of drug-likeness (QED) is 0.739. The van der Waals surface area contributed by atoms with E-state index in [-0.39, 0.29) is 0 Å². The third kappa shape index (κ3) is 3.89. The van der Waals surface area contributed by atoms with Crippen molar-refractivity contribution >= 4 is 22.3 Å². The fourth-order valence-electron chi connectivity index (χ4n) is 0.849. The average Bonchev–Trinajstić information content (AvgIpc) is 2.08. The number of rotatable bonds is 4. The molecule has 72 valence electrons. The molecule has 4 nitrogen and oxygen atoms in total. The van der Waals surface area contributed by atoms with Crippen LogP contribution < -0.4 is 11.1 Å². The third-order valence-corrected chi connectivity index (χ3v) is 2.28. The average molecular weight is 199 g/mol. The van der Waals surface area contributed by atoms with E-state index >= 15 is 0 Å². The lowest BCUT2D eigenvalue weighted by Gasteiger charge is -2.03. The maximum atomic E-state index is 10.7. The molecule has 0 saturated carbocycles. The number of pyridine rings is 1. The Morgan fingerprint density at radius 1 is 1.62 bits per heavy atom. The predicted molar refractivity (Wildman–Crippen MR) is 56.1 cm³/mol. The van der Waals surface area contributed by atoms with E-state index in [1.54, 1.807) is 18.5 Å². The lowest BCUT2D eigenvalue weighted by molar-refractivity contribution is 0.687. The number of aromatic nitrogens is 1. The van der Waals surface area contributed by atoms with E-state index in [1.807, 2.05) is 6.07 Å². The minimum absolute atomic E-state index is 0.504. The standard InChI is InChI=1S/C8H13N3OS/c1-13(12)5-4-10-7-2-3-8(9)11-6-7/h2-3,6,10H,4-5H2,1H3,(H2,9,11). The molecule has 0 amide bonds. The first-order valence-corrected chi connectivity index (χ1v) is 5.66. The second-order valence-electron chi connectivity index (χ2n) is 2.68. The van der Waals surface area contributed by atoms with Gasteiger partial charge < -0.3 is 11.1 Å². The zero-order valence-electron chi connectivity index (χ0n) is 7.49. The molecule has 0 fully saturated rings. The Balaban J connectivity index is 2.37. The molecule has 0 saturated heterocycles. The van der Waals surface area contributed by atoms with Crippen molar-refractivity contribution in [3.8, 4) is 0 Å². The van der Waals surface area contributed by atoms with Crippen LogP contribution in [0.3, 0.4) is 0 Å². The second-order valence-corrected chi connectivity index (χ2v) is 4.23. The molecular formula is C8H13N3OS. The molecule has 1 rings (SSSR count). The molecule has 0 spiro atoms. The molecule has 5 heteroatoms. The Labute approximate surface area is 80.0 Å².